The fourth-order valence-corrected chi connectivity index (χ4v) is 1.25. The molecule has 2 N–H and O–H groups in total. The molecule has 0 unspecified atom stereocenters. The van der Waals surface area contributed by atoms with Gasteiger partial charge in [-0.25, -0.2) is 0 Å². The highest BCUT2D eigenvalue weighted by molar-refractivity contribution is 6.03. The molecule has 0 spiro atoms. The predicted octanol–water partition coefficient (Wildman–Crippen LogP) is 1.47. The van der Waals surface area contributed by atoms with Gasteiger partial charge in [0, 0.05) is 18.0 Å². The smallest absolute Gasteiger partial charge is 0.272 e. The van der Waals surface area contributed by atoms with Gasteiger partial charge in [-0.3, -0.25) is 14.6 Å². The number of carbonyl (C=O) groups is 2. The zero-order chi connectivity index (χ0) is 11.4. The Morgan fingerprint density at radius 2 is 2.38 bits per heavy atom. The fourth-order valence-electron chi connectivity index (χ4n) is 1.25. The summed E-state index contributed by atoms with van der Waals surface area (Å²) in [7, 11) is 0. The van der Waals surface area contributed by atoms with Gasteiger partial charge in [-0.15, -0.1) is 0 Å². The molecule has 80 valence electrons. The maximum absolute atomic E-state index is 11.7. The molecule has 2 rings (SSSR count). The van der Waals surface area contributed by atoms with Crippen molar-refractivity contribution in [1.82, 2.24) is 9.97 Å². The summed E-state index contributed by atoms with van der Waals surface area (Å²) in [5, 5.41) is 2.65. The minimum Gasteiger partial charge on any atom is -0.356 e. The number of pyridine rings is 1. The van der Waals surface area contributed by atoms with Gasteiger partial charge in [-0.05, 0) is 18.2 Å². The molecule has 0 aromatic carbocycles. The Morgan fingerprint density at radius 3 is 3.00 bits per heavy atom. The molecule has 0 aliphatic rings. The number of H-pyrrole nitrogens is 1. The number of hydrogen-bond donors (Lipinski definition) is 2. The van der Waals surface area contributed by atoms with Crippen molar-refractivity contribution in [2.75, 3.05) is 5.32 Å². The zero-order valence-corrected chi connectivity index (χ0v) is 8.31. The van der Waals surface area contributed by atoms with Gasteiger partial charge in [0.1, 0.15) is 5.69 Å². The van der Waals surface area contributed by atoms with Gasteiger partial charge in [-0.1, -0.05) is 0 Å². The SMILES string of the molecule is O=Cc1c[nH]c(C(=O)Nc2cccnc2)c1. The van der Waals surface area contributed by atoms with Crippen molar-refractivity contribution in [2.24, 2.45) is 0 Å². The van der Waals surface area contributed by atoms with E-state index in [4.69, 9.17) is 0 Å². The molecular formula is C11H9N3O2. The first-order valence-electron chi connectivity index (χ1n) is 4.64. The van der Waals surface area contributed by atoms with E-state index >= 15 is 0 Å². The van der Waals surface area contributed by atoms with Crippen molar-refractivity contribution >= 4 is 17.9 Å². The molecule has 0 bridgehead atoms. The highest BCUT2D eigenvalue weighted by Gasteiger charge is 2.08. The lowest BCUT2D eigenvalue weighted by atomic mass is 10.3. The Kier molecular flexibility index (Phi) is 2.77. The van der Waals surface area contributed by atoms with Crippen LogP contribution in [0.2, 0.25) is 0 Å². The molecule has 0 fully saturated rings. The second-order valence-electron chi connectivity index (χ2n) is 3.16. The molecule has 5 nitrogen and oxygen atoms in total. The van der Waals surface area contributed by atoms with E-state index in [1.165, 1.54) is 12.3 Å². The number of aldehydes is 1. The van der Waals surface area contributed by atoms with Crippen molar-refractivity contribution in [3.05, 3.63) is 48.0 Å². The number of anilines is 1. The maximum atomic E-state index is 11.7. The highest BCUT2D eigenvalue weighted by atomic mass is 16.2. The number of nitrogens with one attached hydrogen (secondary N) is 2. The first kappa shape index (κ1) is 10.1. The standard InChI is InChI=1S/C11H9N3O2/c15-7-8-4-10(13-5-8)11(16)14-9-2-1-3-12-6-9/h1-7,13H,(H,14,16). The van der Waals surface area contributed by atoms with Gasteiger partial charge < -0.3 is 10.3 Å². The summed E-state index contributed by atoms with van der Waals surface area (Å²) >= 11 is 0. The van der Waals surface area contributed by atoms with E-state index in [1.54, 1.807) is 24.5 Å². The Labute approximate surface area is 91.5 Å². The van der Waals surface area contributed by atoms with Crippen LogP contribution in [0.4, 0.5) is 5.69 Å². The number of amides is 1. The van der Waals surface area contributed by atoms with Gasteiger partial charge in [0.25, 0.3) is 5.91 Å². The molecule has 5 heteroatoms. The van der Waals surface area contributed by atoms with E-state index in [-0.39, 0.29) is 5.91 Å². The second kappa shape index (κ2) is 4.39. The van der Waals surface area contributed by atoms with Crippen LogP contribution in [-0.2, 0) is 0 Å². The van der Waals surface area contributed by atoms with Crippen molar-refractivity contribution in [3.63, 3.8) is 0 Å². The lowest BCUT2D eigenvalue weighted by molar-refractivity contribution is 0.102. The summed E-state index contributed by atoms with van der Waals surface area (Å²) in [5.74, 6) is -0.305. The number of rotatable bonds is 3. The monoisotopic (exact) mass is 215 g/mol. The van der Waals surface area contributed by atoms with Crippen molar-refractivity contribution in [3.8, 4) is 0 Å². The van der Waals surface area contributed by atoms with Gasteiger partial charge in [-0.2, -0.15) is 0 Å². The molecule has 16 heavy (non-hydrogen) atoms. The van der Waals surface area contributed by atoms with E-state index in [0.29, 0.717) is 23.2 Å². The second-order valence-corrected chi connectivity index (χ2v) is 3.16. The quantitative estimate of drug-likeness (QED) is 0.761. The summed E-state index contributed by atoms with van der Waals surface area (Å²) in [6.07, 6.45) is 5.32. The third kappa shape index (κ3) is 2.14. The first-order valence-corrected chi connectivity index (χ1v) is 4.64. The van der Waals surface area contributed by atoms with Gasteiger partial charge in [0.15, 0.2) is 6.29 Å². The van der Waals surface area contributed by atoms with Crippen molar-refractivity contribution in [1.29, 1.82) is 0 Å². The van der Waals surface area contributed by atoms with E-state index < -0.39 is 0 Å². The number of aromatic amines is 1. The Bertz CT molecular complexity index is 505. The predicted molar refractivity (Wildman–Crippen MR) is 58.4 cm³/mol. The number of carbonyl (C=O) groups excluding carboxylic acids is 2. The molecule has 0 atom stereocenters. The molecule has 0 radical (unpaired) electrons. The van der Waals surface area contributed by atoms with Gasteiger partial charge in [0.2, 0.25) is 0 Å². The molecule has 2 aromatic heterocycles. The Hall–Kier alpha value is -2.43. The van der Waals surface area contributed by atoms with E-state index in [2.05, 4.69) is 15.3 Å². The summed E-state index contributed by atoms with van der Waals surface area (Å²) in [6, 6.07) is 4.94. The topological polar surface area (TPSA) is 74.8 Å². The Balaban J connectivity index is 2.11. The zero-order valence-electron chi connectivity index (χ0n) is 8.31. The van der Waals surface area contributed by atoms with Gasteiger partial charge >= 0.3 is 0 Å². The number of aromatic nitrogens is 2. The van der Waals surface area contributed by atoms with Crippen LogP contribution in [0.1, 0.15) is 20.8 Å². The molecule has 0 saturated heterocycles. The van der Waals surface area contributed by atoms with E-state index in [1.807, 2.05) is 0 Å². The summed E-state index contributed by atoms with van der Waals surface area (Å²) in [4.78, 5) is 28.7. The molecular weight excluding hydrogens is 206 g/mol. The maximum Gasteiger partial charge on any atom is 0.272 e. The van der Waals surface area contributed by atoms with Crippen LogP contribution in [0.15, 0.2) is 36.8 Å². The van der Waals surface area contributed by atoms with E-state index in [9.17, 15) is 9.59 Å². The lowest BCUT2D eigenvalue weighted by Crippen LogP contribution is -2.12. The summed E-state index contributed by atoms with van der Waals surface area (Å²) < 4.78 is 0. The molecule has 0 aliphatic carbocycles. The minimum atomic E-state index is -0.305. The van der Waals surface area contributed by atoms with Crippen molar-refractivity contribution in [2.45, 2.75) is 0 Å². The fraction of sp³-hybridized carbons (Fsp3) is 0. The van der Waals surface area contributed by atoms with Crippen molar-refractivity contribution < 1.29 is 9.59 Å². The van der Waals surface area contributed by atoms with Crippen LogP contribution in [0.3, 0.4) is 0 Å². The molecule has 1 amide bonds. The highest BCUT2D eigenvalue weighted by Crippen LogP contribution is 2.07. The summed E-state index contributed by atoms with van der Waals surface area (Å²) in [5.41, 5.74) is 1.39. The van der Waals surface area contributed by atoms with E-state index in [0.717, 1.165) is 0 Å². The minimum absolute atomic E-state index is 0.305. The molecule has 2 heterocycles. The van der Waals surface area contributed by atoms with Crippen LogP contribution >= 0.6 is 0 Å². The normalized spacial score (nSPS) is 9.75. The average molecular weight is 215 g/mol. The van der Waals surface area contributed by atoms with Crippen LogP contribution < -0.4 is 5.32 Å². The third-order valence-corrected chi connectivity index (χ3v) is 2.01. The van der Waals surface area contributed by atoms with Crippen LogP contribution in [0, 0.1) is 0 Å². The molecule has 0 aliphatic heterocycles. The van der Waals surface area contributed by atoms with Crippen LogP contribution in [0.5, 0.6) is 0 Å². The Morgan fingerprint density at radius 1 is 1.50 bits per heavy atom. The lowest BCUT2D eigenvalue weighted by Gasteiger charge is -2.01. The summed E-state index contributed by atoms with van der Waals surface area (Å²) in [6.45, 7) is 0. The number of nitrogens with zero attached hydrogens (tertiary/aromatic N) is 1. The molecule has 0 saturated carbocycles. The first-order chi connectivity index (χ1) is 7.79. The van der Waals surface area contributed by atoms with Gasteiger partial charge in [0.05, 0.1) is 11.9 Å². The largest absolute Gasteiger partial charge is 0.356 e. The average Bonchev–Trinajstić information content (AvgIpc) is 2.79. The van der Waals surface area contributed by atoms with Crippen LogP contribution in [0.25, 0.3) is 0 Å². The molecule has 2 aromatic rings. The number of hydrogen-bond acceptors (Lipinski definition) is 3. The van der Waals surface area contributed by atoms with Crippen LogP contribution in [-0.4, -0.2) is 22.2 Å². The third-order valence-electron chi connectivity index (χ3n) is 2.01.